The number of carbonyl (C=O) groups excluding carboxylic acids is 1. The van der Waals surface area contributed by atoms with E-state index in [0.717, 1.165) is 0 Å². The van der Waals surface area contributed by atoms with Gasteiger partial charge < -0.3 is 15.1 Å². The number of phenolic OH excluding ortho intramolecular Hbond substituents is 1. The fourth-order valence-electron chi connectivity index (χ4n) is 1.11. The zero-order chi connectivity index (χ0) is 11.4. The molecule has 1 aromatic rings. The Labute approximate surface area is 92.7 Å². The number of aliphatic hydroxyl groups excluding tert-OH is 1. The van der Waals surface area contributed by atoms with Crippen LogP contribution >= 0.6 is 11.6 Å². The van der Waals surface area contributed by atoms with Crippen molar-refractivity contribution < 1.29 is 15.0 Å². The van der Waals surface area contributed by atoms with Gasteiger partial charge in [-0.1, -0.05) is 11.6 Å². The van der Waals surface area contributed by atoms with Crippen molar-refractivity contribution in [1.82, 2.24) is 4.90 Å². The summed E-state index contributed by atoms with van der Waals surface area (Å²) in [6, 6.07) is 4.24. The van der Waals surface area contributed by atoms with Gasteiger partial charge in [0.25, 0.3) is 5.91 Å². The van der Waals surface area contributed by atoms with Gasteiger partial charge in [0, 0.05) is 19.2 Å². The first kappa shape index (κ1) is 11.8. The smallest absolute Gasteiger partial charge is 0.253 e. The third-order valence-corrected chi connectivity index (χ3v) is 2.28. The number of likely N-dealkylation sites (N-methyl/N-ethyl adjacent to an activating group) is 1. The first-order chi connectivity index (χ1) is 7.06. The molecule has 15 heavy (non-hydrogen) atoms. The van der Waals surface area contributed by atoms with Crippen molar-refractivity contribution in [2.75, 3.05) is 20.2 Å². The minimum Gasteiger partial charge on any atom is -0.506 e. The van der Waals surface area contributed by atoms with Crippen LogP contribution in [0, 0.1) is 0 Å². The lowest BCUT2D eigenvalue weighted by Crippen LogP contribution is -2.29. The second-order valence-corrected chi connectivity index (χ2v) is 3.52. The van der Waals surface area contributed by atoms with Gasteiger partial charge >= 0.3 is 0 Å². The molecule has 4 nitrogen and oxygen atoms in total. The van der Waals surface area contributed by atoms with Crippen LogP contribution in [0.15, 0.2) is 18.2 Å². The largest absolute Gasteiger partial charge is 0.506 e. The molecular weight excluding hydrogens is 218 g/mol. The number of phenols is 1. The van der Waals surface area contributed by atoms with E-state index in [4.69, 9.17) is 16.7 Å². The summed E-state index contributed by atoms with van der Waals surface area (Å²) in [6.45, 7) is 0.172. The van der Waals surface area contributed by atoms with Gasteiger partial charge in [-0.05, 0) is 18.2 Å². The summed E-state index contributed by atoms with van der Waals surface area (Å²) < 4.78 is 0. The number of carbonyl (C=O) groups is 1. The van der Waals surface area contributed by atoms with E-state index < -0.39 is 0 Å². The zero-order valence-electron chi connectivity index (χ0n) is 8.27. The average Bonchev–Trinajstić information content (AvgIpc) is 2.21. The summed E-state index contributed by atoms with van der Waals surface area (Å²) in [7, 11) is 1.58. The molecule has 0 spiro atoms. The third kappa shape index (κ3) is 2.84. The highest BCUT2D eigenvalue weighted by Gasteiger charge is 2.12. The molecule has 0 unspecified atom stereocenters. The van der Waals surface area contributed by atoms with Gasteiger partial charge in [-0.15, -0.1) is 0 Å². The molecule has 5 heteroatoms. The average molecular weight is 230 g/mol. The molecule has 1 rings (SSSR count). The quantitative estimate of drug-likeness (QED) is 0.816. The molecule has 0 bridgehead atoms. The van der Waals surface area contributed by atoms with Crippen LogP contribution in [0.2, 0.25) is 5.02 Å². The van der Waals surface area contributed by atoms with Crippen LogP contribution in [0.3, 0.4) is 0 Å². The highest BCUT2D eigenvalue weighted by atomic mass is 35.5. The molecule has 0 aromatic heterocycles. The topological polar surface area (TPSA) is 60.8 Å². The van der Waals surface area contributed by atoms with Crippen LogP contribution in [0.4, 0.5) is 0 Å². The molecule has 1 amide bonds. The van der Waals surface area contributed by atoms with Crippen LogP contribution < -0.4 is 0 Å². The molecule has 0 saturated heterocycles. The van der Waals surface area contributed by atoms with Crippen molar-refractivity contribution in [2.24, 2.45) is 0 Å². The molecule has 0 heterocycles. The van der Waals surface area contributed by atoms with Gasteiger partial charge in [0.1, 0.15) is 5.75 Å². The Morgan fingerprint density at radius 2 is 2.20 bits per heavy atom. The number of rotatable bonds is 3. The first-order valence-electron chi connectivity index (χ1n) is 4.41. The highest BCUT2D eigenvalue weighted by molar-refractivity contribution is 6.32. The van der Waals surface area contributed by atoms with Gasteiger partial charge in [-0.25, -0.2) is 0 Å². The van der Waals surface area contributed by atoms with Crippen molar-refractivity contribution in [1.29, 1.82) is 0 Å². The molecule has 1 aromatic carbocycles. The lowest BCUT2D eigenvalue weighted by molar-refractivity contribution is 0.0767. The molecule has 0 aliphatic carbocycles. The van der Waals surface area contributed by atoms with Crippen molar-refractivity contribution in [2.45, 2.75) is 0 Å². The van der Waals surface area contributed by atoms with E-state index in [1.165, 1.54) is 23.1 Å². The second kappa shape index (κ2) is 5.00. The monoisotopic (exact) mass is 229 g/mol. The standard InChI is InChI=1S/C10H12ClNO3/c1-12(4-5-13)10(15)7-2-3-9(14)8(11)6-7/h2-3,6,13-14H,4-5H2,1H3. The summed E-state index contributed by atoms with van der Waals surface area (Å²) in [4.78, 5) is 13.1. The Kier molecular flexibility index (Phi) is 3.94. The van der Waals surface area contributed by atoms with Gasteiger partial charge in [0.15, 0.2) is 0 Å². The van der Waals surface area contributed by atoms with Crippen molar-refractivity contribution in [3.8, 4) is 5.75 Å². The Morgan fingerprint density at radius 1 is 1.53 bits per heavy atom. The van der Waals surface area contributed by atoms with E-state index in [1.54, 1.807) is 7.05 Å². The zero-order valence-corrected chi connectivity index (χ0v) is 9.03. The molecule has 0 aliphatic heterocycles. The maximum absolute atomic E-state index is 11.7. The van der Waals surface area contributed by atoms with Gasteiger partial charge in [-0.3, -0.25) is 4.79 Å². The number of aromatic hydroxyl groups is 1. The SMILES string of the molecule is CN(CCO)C(=O)c1ccc(O)c(Cl)c1. The summed E-state index contributed by atoms with van der Waals surface area (Å²) in [5.41, 5.74) is 0.383. The molecular formula is C10H12ClNO3. The number of halogens is 1. The maximum atomic E-state index is 11.7. The van der Waals surface area contributed by atoms with Gasteiger partial charge in [-0.2, -0.15) is 0 Å². The molecule has 0 atom stereocenters. The molecule has 0 aliphatic rings. The van der Waals surface area contributed by atoms with E-state index in [1.807, 2.05) is 0 Å². The fourth-order valence-corrected chi connectivity index (χ4v) is 1.29. The van der Waals surface area contributed by atoms with Crippen LogP contribution in [-0.4, -0.2) is 41.2 Å². The number of hydrogen-bond acceptors (Lipinski definition) is 3. The summed E-state index contributed by atoms with van der Waals surface area (Å²) in [5.74, 6) is -0.302. The van der Waals surface area contributed by atoms with Crippen LogP contribution in [0.25, 0.3) is 0 Å². The van der Waals surface area contributed by atoms with Gasteiger partial charge in [0.05, 0.1) is 11.6 Å². The number of benzene rings is 1. The first-order valence-corrected chi connectivity index (χ1v) is 4.79. The Balaban J connectivity index is 2.87. The van der Waals surface area contributed by atoms with E-state index in [9.17, 15) is 9.90 Å². The van der Waals surface area contributed by atoms with E-state index in [2.05, 4.69) is 0 Å². The van der Waals surface area contributed by atoms with Crippen molar-refractivity contribution >= 4 is 17.5 Å². The number of amides is 1. The molecule has 2 N–H and O–H groups in total. The predicted molar refractivity (Wildman–Crippen MR) is 57.2 cm³/mol. The van der Waals surface area contributed by atoms with Crippen molar-refractivity contribution in [3.63, 3.8) is 0 Å². The Morgan fingerprint density at radius 3 is 2.73 bits per heavy atom. The molecule has 82 valence electrons. The predicted octanol–water partition coefficient (Wildman–Crippen LogP) is 1.11. The van der Waals surface area contributed by atoms with E-state index in [0.29, 0.717) is 5.56 Å². The minimum absolute atomic E-state index is 0.0574. The number of nitrogens with zero attached hydrogens (tertiary/aromatic N) is 1. The number of aliphatic hydroxyl groups is 1. The maximum Gasteiger partial charge on any atom is 0.253 e. The third-order valence-electron chi connectivity index (χ3n) is 1.98. The van der Waals surface area contributed by atoms with Crippen LogP contribution in [-0.2, 0) is 0 Å². The minimum atomic E-state index is -0.244. The van der Waals surface area contributed by atoms with E-state index >= 15 is 0 Å². The molecule has 0 saturated carbocycles. The Bertz CT molecular complexity index is 368. The highest BCUT2D eigenvalue weighted by Crippen LogP contribution is 2.23. The summed E-state index contributed by atoms with van der Waals surface area (Å²) >= 11 is 5.67. The molecule has 0 fully saturated rings. The summed E-state index contributed by atoms with van der Waals surface area (Å²) in [5, 5.41) is 18.0. The Hall–Kier alpha value is -1.26. The second-order valence-electron chi connectivity index (χ2n) is 3.12. The van der Waals surface area contributed by atoms with E-state index in [-0.39, 0.29) is 29.8 Å². The fraction of sp³-hybridized carbons (Fsp3) is 0.300. The van der Waals surface area contributed by atoms with Crippen LogP contribution in [0.1, 0.15) is 10.4 Å². The molecule has 0 radical (unpaired) electrons. The number of hydrogen-bond donors (Lipinski definition) is 2. The lowest BCUT2D eigenvalue weighted by Gasteiger charge is -2.15. The van der Waals surface area contributed by atoms with Gasteiger partial charge in [0.2, 0.25) is 0 Å². The van der Waals surface area contributed by atoms with Crippen molar-refractivity contribution in [3.05, 3.63) is 28.8 Å². The summed E-state index contributed by atoms with van der Waals surface area (Å²) in [6.07, 6.45) is 0. The lowest BCUT2D eigenvalue weighted by atomic mass is 10.2. The normalized spacial score (nSPS) is 10.1. The van der Waals surface area contributed by atoms with Crippen LogP contribution in [0.5, 0.6) is 5.75 Å².